The van der Waals surface area contributed by atoms with Gasteiger partial charge < -0.3 is 9.84 Å². The highest BCUT2D eigenvalue weighted by molar-refractivity contribution is 5.29. The first kappa shape index (κ1) is 12.3. The lowest BCUT2D eigenvalue weighted by molar-refractivity contribution is 0.154. The number of aromatic nitrogens is 2. The van der Waals surface area contributed by atoms with Gasteiger partial charge >= 0.3 is 5.69 Å². The van der Waals surface area contributed by atoms with Crippen LogP contribution in [0.25, 0.3) is 0 Å². The average molecular weight is 246 g/mol. The SMILES string of the molecule is COc1cccc(C(O)Cn2cccnc2=O)c1. The molecule has 1 unspecified atom stereocenters. The maximum absolute atomic E-state index is 11.4. The highest BCUT2D eigenvalue weighted by Crippen LogP contribution is 2.19. The summed E-state index contributed by atoms with van der Waals surface area (Å²) in [6, 6.07) is 8.77. The average Bonchev–Trinajstić information content (AvgIpc) is 2.41. The molecule has 0 aliphatic rings. The number of nitrogens with zero attached hydrogens (tertiary/aromatic N) is 2. The quantitative estimate of drug-likeness (QED) is 0.873. The van der Waals surface area contributed by atoms with E-state index in [9.17, 15) is 9.90 Å². The number of methoxy groups -OCH3 is 1. The molecule has 0 bridgehead atoms. The highest BCUT2D eigenvalue weighted by atomic mass is 16.5. The molecule has 18 heavy (non-hydrogen) atoms. The van der Waals surface area contributed by atoms with Crippen LogP contribution >= 0.6 is 0 Å². The van der Waals surface area contributed by atoms with Crippen molar-refractivity contribution in [2.75, 3.05) is 7.11 Å². The Labute approximate surface area is 104 Å². The number of rotatable bonds is 4. The van der Waals surface area contributed by atoms with Gasteiger partial charge in [0.05, 0.1) is 19.8 Å². The van der Waals surface area contributed by atoms with Crippen LogP contribution < -0.4 is 10.4 Å². The summed E-state index contributed by atoms with van der Waals surface area (Å²) in [6.07, 6.45) is 2.25. The number of hydrogen-bond donors (Lipinski definition) is 1. The van der Waals surface area contributed by atoms with Crippen LogP contribution in [0, 0.1) is 0 Å². The normalized spacial score (nSPS) is 12.1. The molecule has 5 heteroatoms. The van der Waals surface area contributed by atoms with Gasteiger partial charge in [-0.25, -0.2) is 9.78 Å². The molecule has 1 aromatic carbocycles. The molecule has 0 spiro atoms. The molecule has 0 aliphatic heterocycles. The van der Waals surface area contributed by atoms with Gasteiger partial charge in [0, 0.05) is 12.4 Å². The molecule has 0 fully saturated rings. The van der Waals surface area contributed by atoms with Crippen LogP contribution in [0.5, 0.6) is 5.75 Å². The summed E-state index contributed by atoms with van der Waals surface area (Å²) in [7, 11) is 1.57. The molecule has 1 heterocycles. The minimum Gasteiger partial charge on any atom is -0.497 e. The van der Waals surface area contributed by atoms with Crippen LogP contribution in [0.2, 0.25) is 0 Å². The molecule has 0 saturated heterocycles. The number of hydrogen-bond acceptors (Lipinski definition) is 4. The van der Waals surface area contributed by atoms with E-state index in [4.69, 9.17) is 4.74 Å². The van der Waals surface area contributed by atoms with E-state index in [-0.39, 0.29) is 12.2 Å². The molecule has 1 N–H and O–H groups in total. The summed E-state index contributed by atoms with van der Waals surface area (Å²) in [5.74, 6) is 0.671. The summed E-state index contributed by atoms with van der Waals surface area (Å²) in [4.78, 5) is 15.1. The van der Waals surface area contributed by atoms with Gasteiger partial charge in [-0.15, -0.1) is 0 Å². The summed E-state index contributed by atoms with van der Waals surface area (Å²) >= 11 is 0. The fourth-order valence-corrected chi connectivity index (χ4v) is 1.67. The van der Waals surface area contributed by atoms with E-state index in [0.29, 0.717) is 11.3 Å². The second-order valence-corrected chi connectivity index (χ2v) is 3.85. The van der Waals surface area contributed by atoms with Crippen molar-refractivity contribution in [3.8, 4) is 5.75 Å². The van der Waals surface area contributed by atoms with Crippen LogP contribution in [0.15, 0.2) is 47.5 Å². The van der Waals surface area contributed by atoms with Crippen molar-refractivity contribution in [2.45, 2.75) is 12.6 Å². The first-order chi connectivity index (χ1) is 8.70. The molecular formula is C13H14N2O3. The Bertz CT molecular complexity index is 580. The van der Waals surface area contributed by atoms with Crippen LogP contribution in [0.3, 0.4) is 0 Å². The fraction of sp³-hybridized carbons (Fsp3) is 0.231. The van der Waals surface area contributed by atoms with Gasteiger partial charge in [0.1, 0.15) is 5.75 Å². The Morgan fingerprint density at radius 3 is 3.00 bits per heavy atom. The Morgan fingerprint density at radius 2 is 2.28 bits per heavy atom. The smallest absolute Gasteiger partial charge is 0.347 e. The number of aliphatic hydroxyl groups is 1. The lowest BCUT2D eigenvalue weighted by Crippen LogP contribution is -2.24. The van der Waals surface area contributed by atoms with Crippen molar-refractivity contribution in [3.05, 3.63) is 58.8 Å². The molecule has 94 valence electrons. The van der Waals surface area contributed by atoms with Crippen molar-refractivity contribution in [1.29, 1.82) is 0 Å². The van der Waals surface area contributed by atoms with Gasteiger partial charge in [0.15, 0.2) is 0 Å². The minimum atomic E-state index is -0.776. The molecule has 0 saturated carbocycles. The van der Waals surface area contributed by atoms with Gasteiger partial charge in [-0.1, -0.05) is 12.1 Å². The zero-order valence-electron chi connectivity index (χ0n) is 9.98. The molecule has 0 radical (unpaired) electrons. The predicted octanol–water partition coefficient (Wildman–Crippen LogP) is 0.985. The Morgan fingerprint density at radius 1 is 1.44 bits per heavy atom. The van der Waals surface area contributed by atoms with Crippen LogP contribution in [0.4, 0.5) is 0 Å². The Kier molecular flexibility index (Phi) is 3.74. The van der Waals surface area contributed by atoms with Gasteiger partial charge in [-0.3, -0.25) is 4.57 Å². The van der Waals surface area contributed by atoms with Gasteiger partial charge in [0.2, 0.25) is 0 Å². The molecular weight excluding hydrogens is 232 g/mol. The van der Waals surface area contributed by atoms with E-state index < -0.39 is 6.10 Å². The van der Waals surface area contributed by atoms with E-state index in [1.165, 1.54) is 10.8 Å². The lowest BCUT2D eigenvalue weighted by Gasteiger charge is -2.13. The second kappa shape index (κ2) is 5.46. The molecule has 1 aromatic heterocycles. The van der Waals surface area contributed by atoms with Crippen LogP contribution in [-0.2, 0) is 6.54 Å². The van der Waals surface area contributed by atoms with Crippen LogP contribution in [-0.4, -0.2) is 21.8 Å². The van der Waals surface area contributed by atoms with E-state index in [1.807, 2.05) is 0 Å². The molecule has 0 aliphatic carbocycles. The highest BCUT2D eigenvalue weighted by Gasteiger charge is 2.10. The van der Waals surface area contributed by atoms with Crippen molar-refractivity contribution < 1.29 is 9.84 Å². The van der Waals surface area contributed by atoms with Crippen molar-refractivity contribution >= 4 is 0 Å². The topological polar surface area (TPSA) is 64.3 Å². The Balaban J connectivity index is 2.19. The molecule has 0 amide bonds. The molecule has 5 nitrogen and oxygen atoms in total. The number of benzene rings is 1. The second-order valence-electron chi connectivity index (χ2n) is 3.85. The summed E-state index contributed by atoms with van der Waals surface area (Å²) in [5, 5.41) is 10.1. The first-order valence-electron chi connectivity index (χ1n) is 5.54. The van der Waals surface area contributed by atoms with E-state index >= 15 is 0 Å². The minimum absolute atomic E-state index is 0.167. The summed E-state index contributed by atoms with van der Waals surface area (Å²) < 4.78 is 6.45. The zero-order valence-corrected chi connectivity index (χ0v) is 9.98. The third-order valence-corrected chi connectivity index (χ3v) is 2.63. The third-order valence-electron chi connectivity index (χ3n) is 2.63. The summed E-state index contributed by atoms with van der Waals surface area (Å²) in [6.45, 7) is 0.167. The summed E-state index contributed by atoms with van der Waals surface area (Å²) in [5.41, 5.74) is 0.324. The van der Waals surface area contributed by atoms with E-state index in [0.717, 1.165) is 0 Å². The number of aliphatic hydroxyl groups excluding tert-OH is 1. The maximum atomic E-state index is 11.4. The Hall–Kier alpha value is -2.14. The van der Waals surface area contributed by atoms with Crippen molar-refractivity contribution in [1.82, 2.24) is 9.55 Å². The van der Waals surface area contributed by atoms with Gasteiger partial charge in [-0.2, -0.15) is 0 Å². The molecule has 1 atom stereocenters. The van der Waals surface area contributed by atoms with E-state index in [1.54, 1.807) is 43.6 Å². The van der Waals surface area contributed by atoms with Gasteiger partial charge in [0.25, 0.3) is 0 Å². The number of ether oxygens (including phenoxy) is 1. The van der Waals surface area contributed by atoms with E-state index in [2.05, 4.69) is 4.98 Å². The monoisotopic (exact) mass is 246 g/mol. The maximum Gasteiger partial charge on any atom is 0.347 e. The predicted molar refractivity (Wildman–Crippen MR) is 66.5 cm³/mol. The third kappa shape index (κ3) is 2.75. The lowest BCUT2D eigenvalue weighted by atomic mass is 10.1. The molecule has 2 aromatic rings. The van der Waals surface area contributed by atoms with Crippen molar-refractivity contribution in [3.63, 3.8) is 0 Å². The molecule has 2 rings (SSSR count). The van der Waals surface area contributed by atoms with Crippen molar-refractivity contribution in [2.24, 2.45) is 0 Å². The standard InChI is InChI=1S/C13H14N2O3/c1-18-11-5-2-4-10(8-11)12(16)9-15-7-3-6-14-13(15)17/h2-8,12,16H,9H2,1H3. The first-order valence-corrected chi connectivity index (χ1v) is 5.54. The zero-order chi connectivity index (χ0) is 13.0. The fourth-order valence-electron chi connectivity index (χ4n) is 1.67. The van der Waals surface area contributed by atoms with Crippen LogP contribution in [0.1, 0.15) is 11.7 Å². The largest absolute Gasteiger partial charge is 0.497 e. The van der Waals surface area contributed by atoms with Gasteiger partial charge in [-0.05, 0) is 23.8 Å².